The summed E-state index contributed by atoms with van der Waals surface area (Å²) in [7, 11) is 0. The minimum Gasteiger partial charge on any atom is -0.462 e. The van der Waals surface area contributed by atoms with E-state index in [1.165, 1.54) is 14.8 Å². The van der Waals surface area contributed by atoms with E-state index in [0.29, 0.717) is 5.70 Å². The molecule has 0 spiro atoms. The van der Waals surface area contributed by atoms with Crippen molar-refractivity contribution in [1.29, 1.82) is 5.26 Å². The average Bonchev–Trinajstić information content (AvgIpc) is 2.94. The Kier molecular flexibility index (Phi) is 4.50. The molecular weight excluding hydrogens is 320 g/mol. The molecule has 0 aliphatic carbocycles. The van der Waals surface area contributed by atoms with Crippen LogP contribution in [0, 0.1) is 11.3 Å². The zero-order valence-electron chi connectivity index (χ0n) is 13.4. The molecule has 1 heterocycles. The Morgan fingerprint density at radius 1 is 1.21 bits per heavy atom. The van der Waals surface area contributed by atoms with Crippen molar-refractivity contribution in [2.45, 2.75) is 13.8 Å². The maximum absolute atomic E-state index is 11.8. The number of benzene rings is 2. The molecule has 3 aromatic rings. The number of hydrogen-bond donors (Lipinski definition) is 1. The van der Waals surface area contributed by atoms with E-state index in [1.807, 2.05) is 36.4 Å². The first-order valence-electron chi connectivity index (χ1n) is 7.60. The topological polar surface area (TPSA) is 62.1 Å². The van der Waals surface area contributed by atoms with E-state index < -0.39 is 5.97 Å². The lowest BCUT2D eigenvalue weighted by molar-refractivity contribution is -0.138. The van der Waals surface area contributed by atoms with Crippen LogP contribution < -0.4 is 5.32 Å². The normalized spacial score (nSPS) is 11.9. The van der Waals surface area contributed by atoms with Gasteiger partial charge in [-0.25, -0.2) is 4.79 Å². The molecule has 5 heteroatoms. The molecule has 0 fully saturated rings. The number of thiophene rings is 1. The Morgan fingerprint density at radius 2 is 1.96 bits per heavy atom. The summed E-state index contributed by atoms with van der Waals surface area (Å²) in [5, 5.41) is 14.7. The molecule has 0 radical (unpaired) electrons. The van der Waals surface area contributed by atoms with Gasteiger partial charge in [0, 0.05) is 31.6 Å². The number of allylic oxidation sites excluding steroid dienone is 1. The van der Waals surface area contributed by atoms with Gasteiger partial charge in [-0.3, -0.25) is 0 Å². The van der Waals surface area contributed by atoms with Crippen molar-refractivity contribution in [1.82, 2.24) is 0 Å². The van der Waals surface area contributed by atoms with Crippen molar-refractivity contribution >= 4 is 43.2 Å². The highest BCUT2D eigenvalue weighted by Gasteiger charge is 2.14. The summed E-state index contributed by atoms with van der Waals surface area (Å²) >= 11 is 1.75. The van der Waals surface area contributed by atoms with Crippen LogP contribution in [0.3, 0.4) is 0 Å². The molecule has 1 N–H and O–H groups in total. The Bertz CT molecular complexity index is 995. The van der Waals surface area contributed by atoms with Crippen molar-refractivity contribution < 1.29 is 9.53 Å². The van der Waals surface area contributed by atoms with Crippen LogP contribution in [-0.2, 0) is 9.53 Å². The van der Waals surface area contributed by atoms with Crippen LogP contribution >= 0.6 is 11.3 Å². The van der Waals surface area contributed by atoms with E-state index in [1.54, 1.807) is 25.2 Å². The van der Waals surface area contributed by atoms with Gasteiger partial charge in [0.05, 0.1) is 6.61 Å². The summed E-state index contributed by atoms with van der Waals surface area (Å²) in [4.78, 5) is 11.8. The highest BCUT2D eigenvalue weighted by Crippen LogP contribution is 2.35. The van der Waals surface area contributed by atoms with Crippen LogP contribution in [0.2, 0.25) is 0 Å². The molecule has 0 atom stereocenters. The van der Waals surface area contributed by atoms with Crippen LogP contribution in [0.1, 0.15) is 13.8 Å². The largest absolute Gasteiger partial charge is 0.462 e. The van der Waals surface area contributed by atoms with E-state index >= 15 is 0 Å². The lowest BCUT2D eigenvalue weighted by Crippen LogP contribution is -2.11. The van der Waals surface area contributed by atoms with Gasteiger partial charge in [-0.15, -0.1) is 11.3 Å². The highest BCUT2D eigenvalue weighted by atomic mass is 32.1. The summed E-state index contributed by atoms with van der Waals surface area (Å²) < 4.78 is 7.35. The van der Waals surface area contributed by atoms with Gasteiger partial charge >= 0.3 is 5.97 Å². The molecule has 0 amide bonds. The maximum Gasteiger partial charge on any atom is 0.350 e. The fourth-order valence-corrected chi connectivity index (χ4v) is 3.66. The molecule has 1 aromatic heterocycles. The first kappa shape index (κ1) is 16.0. The monoisotopic (exact) mass is 336 g/mol. The zero-order valence-corrected chi connectivity index (χ0v) is 14.2. The Balaban J connectivity index is 1.99. The number of carbonyl (C=O) groups excluding carboxylic acids is 1. The van der Waals surface area contributed by atoms with Gasteiger partial charge in [0.2, 0.25) is 0 Å². The molecule has 0 bridgehead atoms. The minimum absolute atomic E-state index is 0.00729. The zero-order chi connectivity index (χ0) is 17.1. The first-order valence-corrected chi connectivity index (χ1v) is 8.42. The van der Waals surface area contributed by atoms with Gasteiger partial charge in [-0.2, -0.15) is 5.26 Å². The number of fused-ring (bicyclic) bond motifs is 3. The average molecular weight is 336 g/mol. The summed E-state index contributed by atoms with van der Waals surface area (Å²) in [5.74, 6) is -0.605. The lowest BCUT2D eigenvalue weighted by atomic mass is 10.1. The smallest absolute Gasteiger partial charge is 0.350 e. The third-order valence-electron chi connectivity index (χ3n) is 3.67. The van der Waals surface area contributed by atoms with Crippen LogP contribution in [-0.4, -0.2) is 12.6 Å². The molecular formula is C19H16N2O2S. The molecule has 0 saturated heterocycles. The predicted octanol–water partition coefficient (Wildman–Crippen LogP) is 4.83. The first-order chi connectivity index (χ1) is 11.6. The van der Waals surface area contributed by atoms with Crippen LogP contribution in [0.15, 0.2) is 53.7 Å². The molecule has 2 aromatic carbocycles. The maximum atomic E-state index is 11.8. The van der Waals surface area contributed by atoms with Gasteiger partial charge in [-0.05, 0) is 38.1 Å². The van der Waals surface area contributed by atoms with Crippen molar-refractivity contribution in [3.05, 3.63) is 53.7 Å². The molecule has 0 saturated carbocycles. The van der Waals surface area contributed by atoms with Crippen LogP contribution in [0.4, 0.5) is 5.69 Å². The van der Waals surface area contributed by atoms with Crippen LogP contribution in [0.25, 0.3) is 20.2 Å². The van der Waals surface area contributed by atoms with E-state index in [-0.39, 0.29) is 12.2 Å². The number of nitrogens with zero attached hydrogens (tertiary/aromatic N) is 1. The Hall–Kier alpha value is -2.84. The fourth-order valence-electron chi connectivity index (χ4n) is 2.57. The molecule has 3 rings (SSSR count). The molecule has 0 aliphatic heterocycles. The number of hydrogen-bond acceptors (Lipinski definition) is 5. The van der Waals surface area contributed by atoms with Crippen molar-refractivity contribution in [2.24, 2.45) is 0 Å². The van der Waals surface area contributed by atoms with E-state index in [9.17, 15) is 10.1 Å². The van der Waals surface area contributed by atoms with Crippen molar-refractivity contribution in [3.63, 3.8) is 0 Å². The summed E-state index contributed by atoms with van der Waals surface area (Å²) in [6.45, 7) is 3.65. The SMILES string of the molecule is CCOC(=O)/C(C#N)=C(/C)Nc1ccc2sc3ccccc3c2c1. The third-order valence-corrected chi connectivity index (χ3v) is 4.83. The molecule has 0 unspecified atom stereocenters. The number of nitriles is 1. The van der Waals surface area contributed by atoms with E-state index in [4.69, 9.17) is 4.74 Å². The third kappa shape index (κ3) is 2.97. The van der Waals surface area contributed by atoms with Gasteiger partial charge < -0.3 is 10.1 Å². The van der Waals surface area contributed by atoms with Crippen LogP contribution in [0.5, 0.6) is 0 Å². The van der Waals surface area contributed by atoms with Gasteiger partial charge in [0.1, 0.15) is 6.07 Å². The highest BCUT2D eigenvalue weighted by molar-refractivity contribution is 7.25. The number of anilines is 1. The summed E-state index contributed by atoms with van der Waals surface area (Å²) in [5.41, 5.74) is 1.31. The predicted molar refractivity (Wildman–Crippen MR) is 97.9 cm³/mol. The molecule has 4 nitrogen and oxygen atoms in total. The fraction of sp³-hybridized carbons (Fsp3) is 0.158. The van der Waals surface area contributed by atoms with Gasteiger partial charge in [0.25, 0.3) is 0 Å². The van der Waals surface area contributed by atoms with Crippen molar-refractivity contribution in [3.8, 4) is 6.07 Å². The second kappa shape index (κ2) is 6.73. The van der Waals surface area contributed by atoms with E-state index in [0.717, 1.165) is 11.1 Å². The quantitative estimate of drug-likeness (QED) is 0.421. The minimum atomic E-state index is -0.605. The lowest BCUT2D eigenvalue weighted by Gasteiger charge is -2.09. The molecule has 120 valence electrons. The Morgan fingerprint density at radius 3 is 2.71 bits per heavy atom. The van der Waals surface area contributed by atoms with Gasteiger partial charge in [-0.1, -0.05) is 18.2 Å². The van der Waals surface area contributed by atoms with Gasteiger partial charge in [0.15, 0.2) is 5.57 Å². The second-order valence-electron chi connectivity index (χ2n) is 5.27. The molecule has 0 aliphatic rings. The number of esters is 1. The standard InChI is InChI=1S/C19H16N2O2S/c1-3-23-19(22)16(11-20)12(2)21-13-8-9-18-15(10-13)14-6-4-5-7-17(14)24-18/h4-10,21H,3H2,1-2H3/b16-12-. The number of carbonyl (C=O) groups is 1. The van der Waals surface area contributed by atoms with E-state index in [2.05, 4.69) is 17.4 Å². The number of rotatable bonds is 4. The Labute approximate surface area is 144 Å². The summed E-state index contributed by atoms with van der Waals surface area (Å²) in [6.07, 6.45) is 0. The second-order valence-corrected chi connectivity index (χ2v) is 6.35. The summed E-state index contributed by atoms with van der Waals surface area (Å²) in [6, 6.07) is 16.2. The number of nitrogens with one attached hydrogen (secondary N) is 1. The number of ether oxygens (including phenoxy) is 1. The molecule has 24 heavy (non-hydrogen) atoms. The van der Waals surface area contributed by atoms with Crippen molar-refractivity contribution in [2.75, 3.05) is 11.9 Å².